The first-order valence-electron chi connectivity index (χ1n) is 7.65. The molecule has 1 saturated carbocycles. The van der Waals surface area contributed by atoms with Gasteiger partial charge in [0.1, 0.15) is 0 Å². The zero-order valence-electron chi connectivity index (χ0n) is 13.3. The monoisotopic (exact) mass is 345 g/mol. The molecule has 1 aliphatic carbocycles. The minimum absolute atomic E-state index is 0.000453. The van der Waals surface area contributed by atoms with Gasteiger partial charge in [-0.2, -0.15) is 0 Å². The lowest BCUT2D eigenvalue weighted by atomic mass is 9.91. The zero-order valence-corrected chi connectivity index (χ0v) is 14.1. The third-order valence-electron chi connectivity index (χ3n) is 4.39. The van der Waals surface area contributed by atoms with Gasteiger partial charge < -0.3 is 4.90 Å². The molecule has 0 heterocycles. The minimum atomic E-state index is -3.52. The van der Waals surface area contributed by atoms with Crippen LogP contribution in [0.4, 0.5) is 8.78 Å². The number of halogens is 2. The van der Waals surface area contributed by atoms with E-state index in [-0.39, 0.29) is 47.9 Å². The van der Waals surface area contributed by atoms with Crippen molar-refractivity contribution < 1.29 is 22.0 Å². The van der Waals surface area contributed by atoms with Gasteiger partial charge in [-0.1, -0.05) is 19.1 Å². The number of hydrogen-bond acceptors (Lipinski definition) is 3. The Hall–Kier alpha value is -1.50. The summed E-state index contributed by atoms with van der Waals surface area (Å²) in [5.74, 6) is -3.20. The number of rotatable bonds is 4. The van der Waals surface area contributed by atoms with E-state index in [2.05, 4.69) is 0 Å². The number of alkyl halides is 2. The van der Waals surface area contributed by atoms with Gasteiger partial charge in [-0.15, -0.1) is 0 Å². The van der Waals surface area contributed by atoms with E-state index < -0.39 is 21.7 Å². The Morgan fingerprint density at radius 2 is 1.83 bits per heavy atom. The summed E-state index contributed by atoms with van der Waals surface area (Å²) < 4.78 is 50.8. The molecule has 0 bridgehead atoms. The summed E-state index contributed by atoms with van der Waals surface area (Å²) in [7, 11) is -1.98. The van der Waals surface area contributed by atoms with Crippen molar-refractivity contribution in [3.63, 3.8) is 0 Å². The molecule has 1 aliphatic rings. The van der Waals surface area contributed by atoms with Gasteiger partial charge in [0, 0.05) is 25.9 Å². The predicted octanol–water partition coefficient (Wildman–Crippen LogP) is 3.13. The first-order chi connectivity index (χ1) is 10.7. The molecule has 0 radical (unpaired) electrons. The van der Waals surface area contributed by atoms with Gasteiger partial charge in [0.05, 0.1) is 16.2 Å². The van der Waals surface area contributed by atoms with Gasteiger partial charge in [-0.3, -0.25) is 4.79 Å². The molecule has 1 aromatic rings. The average Bonchev–Trinajstić information content (AvgIpc) is 2.53. The van der Waals surface area contributed by atoms with Crippen molar-refractivity contribution >= 4 is 15.7 Å². The molecule has 7 heteroatoms. The van der Waals surface area contributed by atoms with E-state index in [0.717, 1.165) is 0 Å². The van der Waals surface area contributed by atoms with Gasteiger partial charge in [-0.05, 0) is 25.0 Å². The van der Waals surface area contributed by atoms with E-state index in [1.54, 1.807) is 19.2 Å². The highest BCUT2D eigenvalue weighted by atomic mass is 32.2. The molecular formula is C16H21F2NO3S. The van der Waals surface area contributed by atoms with Crippen molar-refractivity contribution in [3.8, 4) is 0 Å². The highest BCUT2D eigenvalue weighted by Crippen LogP contribution is 2.35. The number of nitrogens with zero attached hydrogens (tertiary/aromatic N) is 1. The van der Waals surface area contributed by atoms with E-state index in [0.29, 0.717) is 0 Å². The van der Waals surface area contributed by atoms with Gasteiger partial charge in [-0.25, -0.2) is 17.2 Å². The van der Waals surface area contributed by atoms with E-state index in [1.807, 2.05) is 0 Å². The molecule has 0 atom stereocenters. The maximum Gasteiger partial charge on any atom is 0.255 e. The summed E-state index contributed by atoms with van der Waals surface area (Å²) in [5, 5.41) is 0. The van der Waals surface area contributed by atoms with Crippen molar-refractivity contribution in [2.75, 3.05) is 12.8 Å². The number of amides is 1. The summed E-state index contributed by atoms with van der Waals surface area (Å²) >= 11 is 0. The maximum atomic E-state index is 13.2. The highest BCUT2D eigenvalue weighted by Gasteiger charge is 2.37. The van der Waals surface area contributed by atoms with Crippen LogP contribution in [0, 0.1) is 0 Å². The standard InChI is InChI=1S/C16H21F2NO3S/c1-3-23(21,22)14-7-5-4-6-13(14)15(20)19(2)12-8-10-16(17,18)11-9-12/h4-7,12H,3,8-11H2,1-2H3. The van der Waals surface area contributed by atoms with Crippen molar-refractivity contribution in [3.05, 3.63) is 29.8 Å². The normalized spacial score (nSPS) is 18.6. The quantitative estimate of drug-likeness (QED) is 0.842. The Balaban J connectivity index is 2.25. The topological polar surface area (TPSA) is 54.5 Å². The van der Waals surface area contributed by atoms with Crippen molar-refractivity contribution in [2.45, 2.75) is 49.5 Å². The molecule has 2 rings (SSSR count). The van der Waals surface area contributed by atoms with Crippen LogP contribution in [0.15, 0.2) is 29.2 Å². The maximum absolute atomic E-state index is 13.2. The fourth-order valence-corrected chi connectivity index (χ4v) is 3.93. The Labute approximate surface area is 135 Å². The second kappa shape index (κ2) is 6.55. The third kappa shape index (κ3) is 3.88. The lowest BCUT2D eigenvalue weighted by Gasteiger charge is -2.34. The van der Waals surface area contributed by atoms with Gasteiger partial charge in [0.15, 0.2) is 9.84 Å². The second-order valence-corrected chi connectivity index (χ2v) is 8.15. The van der Waals surface area contributed by atoms with Crippen LogP contribution >= 0.6 is 0 Å². The predicted molar refractivity (Wildman–Crippen MR) is 83.5 cm³/mol. The SMILES string of the molecule is CCS(=O)(=O)c1ccccc1C(=O)N(C)C1CCC(F)(F)CC1. The lowest BCUT2D eigenvalue weighted by molar-refractivity contribution is -0.0490. The first-order valence-corrected chi connectivity index (χ1v) is 9.30. The van der Waals surface area contributed by atoms with E-state index in [1.165, 1.54) is 24.0 Å². The van der Waals surface area contributed by atoms with Crippen LogP contribution in [0.3, 0.4) is 0 Å². The number of carbonyl (C=O) groups is 1. The van der Waals surface area contributed by atoms with Crippen molar-refractivity contribution in [1.82, 2.24) is 4.90 Å². The molecule has 1 aromatic carbocycles. The summed E-state index contributed by atoms with van der Waals surface area (Å²) in [6.07, 6.45) is -0.0513. The number of carbonyl (C=O) groups excluding carboxylic acids is 1. The molecule has 0 aromatic heterocycles. The Bertz CT molecular complexity index is 678. The minimum Gasteiger partial charge on any atom is -0.339 e. The smallest absolute Gasteiger partial charge is 0.255 e. The molecule has 0 spiro atoms. The molecule has 23 heavy (non-hydrogen) atoms. The number of benzene rings is 1. The molecular weight excluding hydrogens is 324 g/mol. The van der Waals surface area contributed by atoms with Crippen molar-refractivity contribution in [1.29, 1.82) is 0 Å². The Kier molecular flexibility index (Phi) is 5.08. The summed E-state index contributed by atoms with van der Waals surface area (Å²) in [5.41, 5.74) is 0.106. The van der Waals surface area contributed by atoms with Gasteiger partial charge in [0.2, 0.25) is 5.92 Å². The summed E-state index contributed by atoms with van der Waals surface area (Å²) in [4.78, 5) is 14.1. The van der Waals surface area contributed by atoms with Crippen LogP contribution in [-0.4, -0.2) is 44.0 Å². The summed E-state index contributed by atoms with van der Waals surface area (Å²) in [6.45, 7) is 1.52. The molecule has 4 nitrogen and oxygen atoms in total. The largest absolute Gasteiger partial charge is 0.339 e. The molecule has 128 valence electrons. The molecule has 0 saturated heterocycles. The Morgan fingerprint density at radius 3 is 2.39 bits per heavy atom. The third-order valence-corrected chi connectivity index (χ3v) is 6.17. The van der Waals surface area contributed by atoms with Crippen LogP contribution in [-0.2, 0) is 9.84 Å². The molecule has 1 amide bonds. The lowest BCUT2D eigenvalue weighted by Crippen LogP contribution is -2.42. The van der Waals surface area contributed by atoms with E-state index >= 15 is 0 Å². The Morgan fingerprint density at radius 1 is 1.26 bits per heavy atom. The van der Waals surface area contributed by atoms with Crippen LogP contribution < -0.4 is 0 Å². The second-order valence-electron chi connectivity index (χ2n) is 5.90. The fourth-order valence-electron chi connectivity index (χ4n) is 2.84. The number of sulfone groups is 1. The van der Waals surface area contributed by atoms with E-state index in [4.69, 9.17) is 0 Å². The van der Waals surface area contributed by atoms with Gasteiger partial charge >= 0.3 is 0 Å². The molecule has 0 N–H and O–H groups in total. The molecule has 0 unspecified atom stereocenters. The van der Waals surface area contributed by atoms with Crippen LogP contribution in [0.5, 0.6) is 0 Å². The van der Waals surface area contributed by atoms with Gasteiger partial charge in [0.25, 0.3) is 5.91 Å². The highest BCUT2D eigenvalue weighted by molar-refractivity contribution is 7.91. The molecule has 0 aliphatic heterocycles. The number of hydrogen-bond donors (Lipinski definition) is 0. The fraction of sp³-hybridized carbons (Fsp3) is 0.562. The zero-order chi connectivity index (χ0) is 17.3. The first kappa shape index (κ1) is 17.8. The van der Waals surface area contributed by atoms with E-state index in [9.17, 15) is 22.0 Å². The van der Waals surface area contributed by atoms with Crippen LogP contribution in [0.25, 0.3) is 0 Å². The van der Waals surface area contributed by atoms with Crippen molar-refractivity contribution in [2.24, 2.45) is 0 Å². The average molecular weight is 345 g/mol. The van der Waals surface area contributed by atoms with Crippen LogP contribution in [0.1, 0.15) is 43.0 Å². The molecule has 1 fully saturated rings. The summed E-state index contributed by atoms with van der Waals surface area (Å²) in [6, 6.07) is 5.76. The van der Waals surface area contributed by atoms with Crippen LogP contribution in [0.2, 0.25) is 0 Å².